The molecule has 0 atom stereocenters. The summed E-state index contributed by atoms with van der Waals surface area (Å²) in [6, 6.07) is 14.1. The van der Waals surface area contributed by atoms with E-state index in [9.17, 15) is 0 Å². The van der Waals surface area contributed by atoms with Gasteiger partial charge in [0.25, 0.3) is 0 Å². The molecule has 1 aromatic carbocycles. The lowest BCUT2D eigenvalue weighted by Gasteiger charge is -2.04. The monoisotopic (exact) mass is 306 g/mol. The van der Waals surface area contributed by atoms with E-state index >= 15 is 0 Å². The second kappa shape index (κ2) is 4.96. The van der Waals surface area contributed by atoms with Gasteiger partial charge in [0.05, 0.1) is 22.5 Å². The number of anilines is 1. The fourth-order valence-corrected chi connectivity index (χ4v) is 3.30. The number of benzene rings is 1. The SMILES string of the molecule is Cc1cc(-c2ccn3c(-c4cccc(N)c4)cnc3c2)sn1. The maximum atomic E-state index is 5.88. The van der Waals surface area contributed by atoms with Crippen LogP contribution in [-0.4, -0.2) is 13.8 Å². The molecule has 22 heavy (non-hydrogen) atoms. The highest BCUT2D eigenvalue weighted by Crippen LogP contribution is 2.28. The Balaban J connectivity index is 1.84. The minimum Gasteiger partial charge on any atom is -0.399 e. The van der Waals surface area contributed by atoms with E-state index in [1.165, 1.54) is 11.5 Å². The third-order valence-corrected chi connectivity index (χ3v) is 4.54. The fraction of sp³-hybridized carbons (Fsp3) is 0.0588. The van der Waals surface area contributed by atoms with Gasteiger partial charge in [0.1, 0.15) is 5.65 Å². The Kier molecular flexibility index (Phi) is 2.94. The summed E-state index contributed by atoms with van der Waals surface area (Å²) in [5.74, 6) is 0. The largest absolute Gasteiger partial charge is 0.399 e. The molecule has 0 saturated heterocycles. The molecule has 0 fully saturated rings. The zero-order valence-corrected chi connectivity index (χ0v) is 12.8. The van der Waals surface area contributed by atoms with Gasteiger partial charge in [-0.25, -0.2) is 4.98 Å². The summed E-state index contributed by atoms with van der Waals surface area (Å²) < 4.78 is 6.41. The Morgan fingerprint density at radius 2 is 2.00 bits per heavy atom. The summed E-state index contributed by atoms with van der Waals surface area (Å²) in [7, 11) is 0. The van der Waals surface area contributed by atoms with Crippen LogP contribution >= 0.6 is 11.5 Å². The van der Waals surface area contributed by atoms with E-state index in [2.05, 4.69) is 32.0 Å². The number of aromatic nitrogens is 3. The fourth-order valence-electron chi connectivity index (χ4n) is 2.55. The van der Waals surface area contributed by atoms with Crippen LogP contribution in [-0.2, 0) is 0 Å². The molecule has 4 rings (SSSR count). The number of rotatable bonds is 2. The molecule has 5 heteroatoms. The van der Waals surface area contributed by atoms with Crippen LogP contribution in [0.5, 0.6) is 0 Å². The number of imidazole rings is 1. The Bertz CT molecular complexity index is 968. The zero-order valence-electron chi connectivity index (χ0n) is 12.0. The van der Waals surface area contributed by atoms with Crippen molar-refractivity contribution in [2.24, 2.45) is 0 Å². The minimum absolute atomic E-state index is 0.754. The second-order valence-electron chi connectivity index (χ2n) is 5.25. The van der Waals surface area contributed by atoms with Crippen LogP contribution in [0, 0.1) is 6.92 Å². The number of fused-ring (bicyclic) bond motifs is 1. The highest BCUT2D eigenvalue weighted by Gasteiger charge is 2.08. The van der Waals surface area contributed by atoms with Gasteiger partial charge in [-0.05, 0) is 54.4 Å². The summed E-state index contributed by atoms with van der Waals surface area (Å²) in [6.07, 6.45) is 3.93. The van der Waals surface area contributed by atoms with Gasteiger partial charge in [0.2, 0.25) is 0 Å². The predicted octanol–water partition coefficient (Wildman–Crippen LogP) is 4.02. The highest BCUT2D eigenvalue weighted by atomic mass is 32.1. The Morgan fingerprint density at radius 3 is 2.77 bits per heavy atom. The summed E-state index contributed by atoms with van der Waals surface area (Å²) >= 11 is 1.51. The third-order valence-electron chi connectivity index (χ3n) is 3.61. The number of nitrogen functional groups attached to an aromatic ring is 1. The molecule has 2 N–H and O–H groups in total. The van der Waals surface area contributed by atoms with Crippen molar-refractivity contribution in [3.63, 3.8) is 0 Å². The lowest BCUT2D eigenvalue weighted by molar-refractivity contribution is 1.19. The highest BCUT2D eigenvalue weighted by molar-refractivity contribution is 7.09. The van der Waals surface area contributed by atoms with Gasteiger partial charge < -0.3 is 5.73 Å². The molecule has 0 unspecified atom stereocenters. The summed E-state index contributed by atoms with van der Waals surface area (Å²) in [4.78, 5) is 5.68. The number of nitrogens with zero attached hydrogens (tertiary/aromatic N) is 3. The summed E-state index contributed by atoms with van der Waals surface area (Å²) in [5.41, 5.74) is 11.8. The Labute approximate surface area is 132 Å². The molecule has 0 aliphatic carbocycles. The summed E-state index contributed by atoms with van der Waals surface area (Å²) in [5, 5.41) is 0. The van der Waals surface area contributed by atoms with Gasteiger partial charge >= 0.3 is 0 Å². The Hall–Kier alpha value is -2.66. The van der Waals surface area contributed by atoms with Gasteiger partial charge in [-0.2, -0.15) is 4.37 Å². The lowest BCUT2D eigenvalue weighted by atomic mass is 10.1. The molecule has 0 aliphatic heterocycles. The molecule has 3 aromatic heterocycles. The molecule has 0 amide bonds. The first kappa shape index (κ1) is 13.0. The van der Waals surface area contributed by atoms with Crippen molar-refractivity contribution in [3.05, 3.63) is 60.6 Å². The van der Waals surface area contributed by atoms with Crippen LogP contribution in [0.2, 0.25) is 0 Å². The predicted molar refractivity (Wildman–Crippen MR) is 90.9 cm³/mol. The van der Waals surface area contributed by atoms with Crippen molar-refractivity contribution >= 4 is 22.9 Å². The first-order valence-electron chi connectivity index (χ1n) is 6.97. The van der Waals surface area contributed by atoms with Crippen LogP contribution in [0.15, 0.2) is 54.9 Å². The van der Waals surface area contributed by atoms with Gasteiger partial charge in [-0.1, -0.05) is 12.1 Å². The average molecular weight is 306 g/mol. The van der Waals surface area contributed by atoms with E-state index in [4.69, 9.17) is 5.73 Å². The van der Waals surface area contributed by atoms with Crippen LogP contribution in [0.25, 0.3) is 27.3 Å². The van der Waals surface area contributed by atoms with Crippen molar-refractivity contribution in [2.75, 3.05) is 5.73 Å². The van der Waals surface area contributed by atoms with E-state index in [0.717, 1.165) is 38.7 Å². The van der Waals surface area contributed by atoms with Crippen LogP contribution < -0.4 is 5.73 Å². The summed E-state index contributed by atoms with van der Waals surface area (Å²) in [6.45, 7) is 2.01. The number of pyridine rings is 1. The van der Waals surface area contributed by atoms with E-state index in [1.807, 2.05) is 43.6 Å². The van der Waals surface area contributed by atoms with Crippen molar-refractivity contribution in [2.45, 2.75) is 6.92 Å². The molecule has 0 spiro atoms. The number of aryl methyl sites for hydroxylation is 1. The van der Waals surface area contributed by atoms with Gasteiger partial charge in [-0.15, -0.1) is 0 Å². The van der Waals surface area contributed by atoms with Gasteiger partial charge in [0, 0.05) is 17.4 Å². The number of hydrogen-bond donors (Lipinski definition) is 1. The molecule has 4 nitrogen and oxygen atoms in total. The number of hydrogen-bond acceptors (Lipinski definition) is 4. The molecule has 3 heterocycles. The molecule has 0 bridgehead atoms. The number of nitrogens with two attached hydrogens (primary N) is 1. The second-order valence-corrected chi connectivity index (χ2v) is 6.05. The maximum Gasteiger partial charge on any atom is 0.137 e. The van der Waals surface area contributed by atoms with Crippen LogP contribution in [0.4, 0.5) is 5.69 Å². The lowest BCUT2D eigenvalue weighted by Crippen LogP contribution is -1.90. The normalized spacial score (nSPS) is 11.1. The van der Waals surface area contributed by atoms with Crippen molar-refractivity contribution < 1.29 is 0 Å². The van der Waals surface area contributed by atoms with E-state index in [0.29, 0.717) is 0 Å². The minimum atomic E-state index is 0.754. The van der Waals surface area contributed by atoms with Crippen LogP contribution in [0.3, 0.4) is 0 Å². The molecule has 4 aromatic rings. The maximum absolute atomic E-state index is 5.88. The van der Waals surface area contributed by atoms with Crippen molar-refractivity contribution in [3.8, 4) is 21.7 Å². The Morgan fingerprint density at radius 1 is 1.09 bits per heavy atom. The standard InChI is InChI=1S/C17H14N4S/c1-11-7-16(22-20-11)13-5-6-21-15(10-19-17(21)9-13)12-3-2-4-14(18)8-12/h2-10H,18H2,1H3. The van der Waals surface area contributed by atoms with E-state index in [1.54, 1.807) is 0 Å². The van der Waals surface area contributed by atoms with Gasteiger partial charge in [-0.3, -0.25) is 4.40 Å². The van der Waals surface area contributed by atoms with Gasteiger partial charge in [0.15, 0.2) is 0 Å². The first-order chi connectivity index (χ1) is 10.7. The molecule has 0 radical (unpaired) electrons. The smallest absolute Gasteiger partial charge is 0.137 e. The third kappa shape index (κ3) is 2.16. The molecular formula is C17H14N4S. The molecule has 108 valence electrons. The average Bonchev–Trinajstić information content (AvgIpc) is 3.12. The molecular weight excluding hydrogens is 292 g/mol. The van der Waals surface area contributed by atoms with Crippen molar-refractivity contribution in [1.82, 2.24) is 13.8 Å². The van der Waals surface area contributed by atoms with E-state index in [-0.39, 0.29) is 0 Å². The quantitative estimate of drug-likeness (QED) is 0.569. The first-order valence-corrected chi connectivity index (χ1v) is 7.75. The van der Waals surface area contributed by atoms with Crippen LogP contribution in [0.1, 0.15) is 5.69 Å². The van der Waals surface area contributed by atoms with E-state index < -0.39 is 0 Å². The topological polar surface area (TPSA) is 56.2 Å². The van der Waals surface area contributed by atoms with Crippen molar-refractivity contribution in [1.29, 1.82) is 0 Å². The molecule has 0 aliphatic rings. The molecule has 0 saturated carbocycles. The zero-order chi connectivity index (χ0) is 15.1.